The van der Waals surface area contributed by atoms with Crippen LogP contribution in [0.2, 0.25) is 5.02 Å². The van der Waals surface area contributed by atoms with Gasteiger partial charge in [-0.3, -0.25) is 0 Å². The molecule has 14 heavy (non-hydrogen) atoms. The van der Waals surface area contributed by atoms with Crippen LogP contribution in [-0.4, -0.2) is 11.1 Å². The molecule has 3 nitrogen and oxygen atoms in total. The third-order valence-electron chi connectivity index (χ3n) is 1.89. The standard InChI is InChI=1S/C9H6ClNO2S/c10-4-1-2-6-5(3-4)7(9(12)13)8(11)14-6/h1-3H,11H2,(H,12,13). The summed E-state index contributed by atoms with van der Waals surface area (Å²) in [7, 11) is 0. The molecule has 0 amide bonds. The Labute approximate surface area is 88.7 Å². The molecule has 1 aromatic carbocycles. The van der Waals surface area contributed by atoms with Crippen molar-refractivity contribution in [2.75, 3.05) is 5.73 Å². The Morgan fingerprint density at radius 3 is 2.86 bits per heavy atom. The number of anilines is 1. The number of nitrogen functional groups attached to an aromatic ring is 1. The zero-order chi connectivity index (χ0) is 10.3. The summed E-state index contributed by atoms with van der Waals surface area (Å²) in [4.78, 5) is 10.9. The Morgan fingerprint density at radius 2 is 2.21 bits per heavy atom. The van der Waals surface area contributed by atoms with Gasteiger partial charge < -0.3 is 10.8 Å². The molecule has 0 atom stereocenters. The molecule has 0 aliphatic rings. The van der Waals surface area contributed by atoms with E-state index in [1.165, 1.54) is 11.3 Å². The minimum absolute atomic E-state index is 0.146. The van der Waals surface area contributed by atoms with E-state index in [-0.39, 0.29) is 5.56 Å². The third-order valence-corrected chi connectivity index (χ3v) is 3.13. The van der Waals surface area contributed by atoms with E-state index in [0.717, 1.165) is 4.70 Å². The highest BCUT2D eigenvalue weighted by molar-refractivity contribution is 7.23. The first kappa shape index (κ1) is 9.30. The Kier molecular flexibility index (Phi) is 2.09. The summed E-state index contributed by atoms with van der Waals surface area (Å²) in [6.07, 6.45) is 0. The zero-order valence-electron chi connectivity index (χ0n) is 6.95. The molecule has 5 heteroatoms. The van der Waals surface area contributed by atoms with Gasteiger partial charge in [0.2, 0.25) is 0 Å². The van der Waals surface area contributed by atoms with Crippen LogP contribution >= 0.6 is 22.9 Å². The molecule has 1 aromatic heterocycles. The van der Waals surface area contributed by atoms with Crippen LogP contribution in [0.1, 0.15) is 10.4 Å². The lowest BCUT2D eigenvalue weighted by atomic mass is 10.2. The molecule has 0 radical (unpaired) electrons. The van der Waals surface area contributed by atoms with Crippen molar-refractivity contribution >= 4 is 44.0 Å². The lowest BCUT2D eigenvalue weighted by molar-refractivity contribution is 0.0700. The van der Waals surface area contributed by atoms with Gasteiger partial charge >= 0.3 is 5.97 Å². The number of hydrogen-bond acceptors (Lipinski definition) is 3. The molecule has 72 valence electrons. The summed E-state index contributed by atoms with van der Waals surface area (Å²) in [6.45, 7) is 0. The van der Waals surface area contributed by atoms with Gasteiger partial charge in [-0.05, 0) is 18.2 Å². The van der Waals surface area contributed by atoms with Gasteiger partial charge in [0, 0.05) is 15.1 Å². The van der Waals surface area contributed by atoms with E-state index >= 15 is 0 Å². The van der Waals surface area contributed by atoms with Crippen LogP contribution in [-0.2, 0) is 0 Å². The Morgan fingerprint density at radius 1 is 1.50 bits per heavy atom. The Bertz CT molecular complexity index is 521. The first-order chi connectivity index (χ1) is 6.59. The normalized spacial score (nSPS) is 10.6. The smallest absolute Gasteiger partial charge is 0.339 e. The van der Waals surface area contributed by atoms with E-state index in [0.29, 0.717) is 15.4 Å². The quantitative estimate of drug-likeness (QED) is 0.788. The number of carbonyl (C=O) groups is 1. The van der Waals surface area contributed by atoms with Gasteiger partial charge in [-0.1, -0.05) is 11.6 Å². The average molecular weight is 228 g/mol. The van der Waals surface area contributed by atoms with Crippen molar-refractivity contribution < 1.29 is 9.90 Å². The van der Waals surface area contributed by atoms with Crippen molar-refractivity contribution in [3.63, 3.8) is 0 Å². The number of fused-ring (bicyclic) bond motifs is 1. The van der Waals surface area contributed by atoms with Gasteiger partial charge in [0.25, 0.3) is 0 Å². The lowest BCUT2D eigenvalue weighted by Crippen LogP contribution is -1.98. The van der Waals surface area contributed by atoms with Crippen LogP contribution in [0.5, 0.6) is 0 Å². The second-order valence-corrected chi connectivity index (χ2v) is 4.31. The van der Waals surface area contributed by atoms with Gasteiger partial charge in [-0.15, -0.1) is 11.3 Å². The molecule has 0 bridgehead atoms. The van der Waals surface area contributed by atoms with E-state index in [2.05, 4.69) is 0 Å². The molecule has 0 unspecified atom stereocenters. The number of nitrogens with two attached hydrogens (primary N) is 1. The van der Waals surface area contributed by atoms with Crippen molar-refractivity contribution in [1.82, 2.24) is 0 Å². The summed E-state index contributed by atoms with van der Waals surface area (Å²) >= 11 is 7.03. The average Bonchev–Trinajstić information content (AvgIpc) is 2.40. The minimum atomic E-state index is -1.02. The largest absolute Gasteiger partial charge is 0.478 e. The second-order valence-electron chi connectivity index (χ2n) is 2.79. The van der Waals surface area contributed by atoms with E-state index in [4.69, 9.17) is 22.4 Å². The van der Waals surface area contributed by atoms with Gasteiger partial charge in [0.1, 0.15) is 10.6 Å². The summed E-state index contributed by atoms with van der Waals surface area (Å²) in [5.41, 5.74) is 5.74. The predicted octanol–water partition coefficient (Wildman–Crippen LogP) is 2.84. The zero-order valence-corrected chi connectivity index (χ0v) is 8.52. The van der Waals surface area contributed by atoms with Crippen LogP contribution in [0.3, 0.4) is 0 Å². The van der Waals surface area contributed by atoms with Crippen LogP contribution in [0.25, 0.3) is 10.1 Å². The maximum atomic E-state index is 10.9. The fourth-order valence-electron chi connectivity index (χ4n) is 1.31. The van der Waals surface area contributed by atoms with Crippen molar-refractivity contribution in [3.05, 3.63) is 28.8 Å². The van der Waals surface area contributed by atoms with Gasteiger partial charge in [0.15, 0.2) is 0 Å². The van der Waals surface area contributed by atoms with Crippen LogP contribution < -0.4 is 5.73 Å². The number of carboxylic acids is 1. The second kappa shape index (κ2) is 3.15. The highest BCUT2D eigenvalue weighted by Crippen LogP contribution is 2.34. The first-order valence-electron chi connectivity index (χ1n) is 3.80. The maximum absolute atomic E-state index is 10.9. The molecule has 2 rings (SSSR count). The molecule has 0 aliphatic carbocycles. The van der Waals surface area contributed by atoms with Crippen LogP contribution in [0.15, 0.2) is 18.2 Å². The molecule has 0 fully saturated rings. The number of benzene rings is 1. The summed E-state index contributed by atoms with van der Waals surface area (Å²) in [5.74, 6) is -1.02. The number of carboxylic acid groups (broad SMARTS) is 1. The van der Waals surface area contributed by atoms with Gasteiger partial charge in [-0.2, -0.15) is 0 Å². The summed E-state index contributed by atoms with van der Waals surface area (Å²) in [6, 6.07) is 5.10. The molecular weight excluding hydrogens is 222 g/mol. The van der Waals surface area contributed by atoms with Gasteiger partial charge in [0.05, 0.1) is 0 Å². The summed E-state index contributed by atoms with van der Waals surface area (Å²) in [5, 5.41) is 10.4. The van der Waals surface area contributed by atoms with Crippen LogP contribution in [0, 0.1) is 0 Å². The highest BCUT2D eigenvalue weighted by Gasteiger charge is 2.15. The monoisotopic (exact) mass is 227 g/mol. The number of hydrogen-bond donors (Lipinski definition) is 2. The van der Waals surface area contributed by atoms with Gasteiger partial charge in [-0.25, -0.2) is 4.79 Å². The maximum Gasteiger partial charge on any atom is 0.339 e. The molecule has 0 saturated carbocycles. The molecule has 1 heterocycles. The van der Waals surface area contributed by atoms with E-state index in [1.807, 2.05) is 0 Å². The van der Waals surface area contributed by atoms with E-state index in [9.17, 15) is 4.79 Å². The van der Waals surface area contributed by atoms with Crippen molar-refractivity contribution in [3.8, 4) is 0 Å². The summed E-state index contributed by atoms with van der Waals surface area (Å²) < 4.78 is 0.837. The van der Waals surface area contributed by atoms with E-state index < -0.39 is 5.97 Å². The minimum Gasteiger partial charge on any atom is -0.478 e. The number of thiophene rings is 1. The SMILES string of the molecule is Nc1sc2ccc(Cl)cc2c1C(=O)O. The fraction of sp³-hybridized carbons (Fsp3) is 0. The number of halogens is 1. The number of rotatable bonds is 1. The Hall–Kier alpha value is -1.26. The molecule has 0 aliphatic heterocycles. The van der Waals surface area contributed by atoms with E-state index in [1.54, 1.807) is 18.2 Å². The van der Waals surface area contributed by atoms with Crippen LogP contribution in [0.4, 0.5) is 5.00 Å². The molecule has 0 saturated heterocycles. The van der Waals surface area contributed by atoms with Crippen molar-refractivity contribution in [1.29, 1.82) is 0 Å². The first-order valence-corrected chi connectivity index (χ1v) is 5.00. The number of aromatic carboxylic acids is 1. The van der Waals surface area contributed by atoms with Crippen molar-refractivity contribution in [2.45, 2.75) is 0 Å². The van der Waals surface area contributed by atoms with Crippen molar-refractivity contribution in [2.24, 2.45) is 0 Å². The third kappa shape index (κ3) is 1.32. The lowest BCUT2D eigenvalue weighted by Gasteiger charge is -1.94. The fourth-order valence-corrected chi connectivity index (χ4v) is 2.42. The highest BCUT2D eigenvalue weighted by atomic mass is 35.5. The predicted molar refractivity (Wildman–Crippen MR) is 58.2 cm³/mol. The Balaban J connectivity index is 2.86. The topological polar surface area (TPSA) is 63.3 Å². The molecule has 2 aromatic rings. The molecular formula is C9H6ClNO2S. The molecule has 3 N–H and O–H groups in total. The molecule has 0 spiro atoms.